The van der Waals surface area contributed by atoms with Crippen molar-refractivity contribution in [2.45, 2.75) is 0 Å². The lowest BCUT2D eigenvalue weighted by Gasteiger charge is -1.99. The number of nitrogens with one attached hydrogen (secondary N) is 1. The van der Waals surface area contributed by atoms with Crippen molar-refractivity contribution in [3.8, 4) is 17.3 Å². The van der Waals surface area contributed by atoms with Crippen LogP contribution in [0.4, 0.5) is 0 Å². The fourth-order valence-corrected chi connectivity index (χ4v) is 3.54. The number of benzene rings is 2. The summed E-state index contributed by atoms with van der Waals surface area (Å²) in [5.41, 5.74) is 4.08. The van der Waals surface area contributed by atoms with Gasteiger partial charge in [-0.1, -0.05) is 53.8 Å². The van der Waals surface area contributed by atoms with Crippen LogP contribution < -0.4 is 0 Å². The maximum Gasteiger partial charge on any atom is 0.163 e. The molecule has 2 aromatic carbocycles. The maximum atomic E-state index is 9.09. The molecule has 0 saturated carbocycles. The average molecular weight is 328 g/mol. The summed E-state index contributed by atoms with van der Waals surface area (Å²) < 4.78 is 1.28. The minimum atomic E-state index is 0.375. The number of hydrogen-bond donors (Lipinski definition) is 1. The van der Waals surface area contributed by atoms with Gasteiger partial charge in [-0.25, -0.2) is 5.10 Å². The number of nitrogens with zero attached hydrogens (tertiary/aromatic N) is 3. The molecule has 0 amide bonds. The van der Waals surface area contributed by atoms with Gasteiger partial charge in [0.05, 0.1) is 0 Å². The van der Waals surface area contributed by atoms with E-state index in [0.29, 0.717) is 11.4 Å². The molecule has 24 heavy (non-hydrogen) atoms. The van der Waals surface area contributed by atoms with Crippen molar-refractivity contribution in [2.75, 3.05) is 0 Å². The van der Waals surface area contributed by atoms with Crippen LogP contribution in [0, 0.1) is 11.3 Å². The topological polar surface area (TPSA) is 65.4 Å². The molecule has 1 N–H and O–H groups in total. The Balaban J connectivity index is 1.68. The molecule has 0 spiro atoms. The Morgan fingerprint density at radius 1 is 1.08 bits per heavy atom. The molecule has 0 bridgehead atoms. The van der Waals surface area contributed by atoms with Gasteiger partial charge in [0, 0.05) is 10.3 Å². The Bertz CT molecular complexity index is 1080. The second-order valence-electron chi connectivity index (χ2n) is 5.29. The molecule has 0 unspecified atom stereocenters. The van der Waals surface area contributed by atoms with Crippen molar-refractivity contribution in [1.29, 1.82) is 5.26 Å². The number of fused-ring (bicyclic) bond motifs is 1. The molecular weight excluding hydrogens is 316 g/mol. The third-order valence-electron chi connectivity index (χ3n) is 3.79. The van der Waals surface area contributed by atoms with E-state index in [4.69, 9.17) is 5.26 Å². The van der Waals surface area contributed by atoms with E-state index in [9.17, 15) is 0 Å². The van der Waals surface area contributed by atoms with Gasteiger partial charge in [0.1, 0.15) is 11.8 Å². The van der Waals surface area contributed by atoms with Gasteiger partial charge in [0.15, 0.2) is 5.69 Å². The third kappa shape index (κ3) is 2.60. The van der Waals surface area contributed by atoms with Crippen LogP contribution in [0.25, 0.3) is 33.5 Å². The highest BCUT2D eigenvalue weighted by Gasteiger charge is 2.09. The summed E-state index contributed by atoms with van der Waals surface area (Å²) in [6, 6.07) is 18.4. The second kappa shape index (κ2) is 6.11. The van der Waals surface area contributed by atoms with Crippen molar-refractivity contribution in [3.05, 3.63) is 70.7 Å². The second-order valence-corrected chi connectivity index (χ2v) is 6.20. The molecule has 0 fully saturated rings. The lowest BCUT2D eigenvalue weighted by molar-refractivity contribution is 0.937. The first-order valence-corrected chi connectivity index (χ1v) is 8.29. The number of rotatable bonds is 3. The first kappa shape index (κ1) is 14.4. The van der Waals surface area contributed by atoms with Gasteiger partial charge in [-0.2, -0.15) is 5.26 Å². The smallest absolute Gasteiger partial charge is 0.163 e. The number of aromatic amines is 1. The van der Waals surface area contributed by atoms with Gasteiger partial charge < -0.3 is 0 Å². The summed E-state index contributed by atoms with van der Waals surface area (Å²) in [4.78, 5) is 0. The minimum absolute atomic E-state index is 0.375. The summed E-state index contributed by atoms with van der Waals surface area (Å²) in [6.45, 7) is 0. The summed E-state index contributed by atoms with van der Waals surface area (Å²) in [6.07, 6.45) is 4.19. The number of thiophene rings is 1. The predicted molar refractivity (Wildman–Crippen MR) is 97.3 cm³/mol. The molecule has 4 nitrogen and oxygen atoms in total. The van der Waals surface area contributed by atoms with Crippen molar-refractivity contribution in [2.24, 2.45) is 0 Å². The summed E-state index contributed by atoms with van der Waals surface area (Å²) in [5.74, 6) is 0. The molecule has 4 rings (SSSR count). The van der Waals surface area contributed by atoms with Gasteiger partial charge in [0.2, 0.25) is 0 Å². The standard InChI is InChI=1S/C19H12N4S/c20-11-17-19(22-23-21-17)14-5-3-4-13(10-14)8-9-15-12-24-18-7-2-1-6-16(15)18/h1-10,12H,(H,21,22,23)/b9-8+. The summed E-state index contributed by atoms with van der Waals surface area (Å²) >= 11 is 1.75. The van der Waals surface area contributed by atoms with E-state index in [0.717, 1.165) is 11.1 Å². The lowest BCUT2D eigenvalue weighted by Crippen LogP contribution is -1.83. The zero-order valence-electron chi connectivity index (χ0n) is 12.6. The fourth-order valence-electron chi connectivity index (χ4n) is 2.61. The first-order chi connectivity index (χ1) is 11.8. The molecule has 2 aromatic heterocycles. The maximum absolute atomic E-state index is 9.09. The van der Waals surface area contributed by atoms with E-state index in [1.807, 2.05) is 24.3 Å². The molecule has 5 heteroatoms. The van der Waals surface area contributed by atoms with Crippen LogP contribution >= 0.6 is 11.3 Å². The van der Waals surface area contributed by atoms with Crippen LogP contribution in [-0.2, 0) is 0 Å². The van der Waals surface area contributed by atoms with Gasteiger partial charge in [-0.15, -0.1) is 16.4 Å². The molecule has 0 aliphatic heterocycles. The molecule has 114 valence electrons. The molecule has 0 radical (unpaired) electrons. The Labute approximate surface area is 142 Å². The van der Waals surface area contributed by atoms with Gasteiger partial charge in [-0.05, 0) is 34.0 Å². The zero-order chi connectivity index (χ0) is 16.4. The van der Waals surface area contributed by atoms with Crippen molar-refractivity contribution >= 4 is 33.6 Å². The minimum Gasteiger partial charge on any atom is -0.247 e. The van der Waals surface area contributed by atoms with E-state index in [2.05, 4.69) is 63.3 Å². The van der Waals surface area contributed by atoms with E-state index < -0.39 is 0 Å². The lowest BCUT2D eigenvalue weighted by atomic mass is 10.1. The highest BCUT2D eigenvalue weighted by Crippen LogP contribution is 2.27. The molecule has 0 atom stereocenters. The number of H-pyrrole nitrogens is 1. The number of nitriles is 1. The first-order valence-electron chi connectivity index (χ1n) is 7.41. The summed E-state index contributed by atoms with van der Waals surface area (Å²) in [5, 5.41) is 22.8. The van der Waals surface area contributed by atoms with Crippen LogP contribution in [0.5, 0.6) is 0 Å². The molecule has 0 aliphatic carbocycles. The van der Waals surface area contributed by atoms with Crippen molar-refractivity contribution < 1.29 is 0 Å². The Kier molecular flexibility index (Phi) is 3.66. The van der Waals surface area contributed by atoms with Gasteiger partial charge >= 0.3 is 0 Å². The Morgan fingerprint density at radius 2 is 2.00 bits per heavy atom. The quantitative estimate of drug-likeness (QED) is 0.591. The van der Waals surface area contributed by atoms with Gasteiger partial charge in [0.25, 0.3) is 0 Å². The van der Waals surface area contributed by atoms with Gasteiger partial charge in [-0.3, -0.25) is 0 Å². The van der Waals surface area contributed by atoms with E-state index in [1.165, 1.54) is 15.6 Å². The monoisotopic (exact) mass is 328 g/mol. The van der Waals surface area contributed by atoms with E-state index in [1.54, 1.807) is 11.3 Å². The number of aromatic nitrogens is 3. The highest BCUT2D eigenvalue weighted by molar-refractivity contribution is 7.17. The summed E-state index contributed by atoms with van der Waals surface area (Å²) in [7, 11) is 0. The highest BCUT2D eigenvalue weighted by atomic mass is 32.1. The third-order valence-corrected chi connectivity index (χ3v) is 4.77. The molecule has 4 aromatic rings. The predicted octanol–water partition coefficient (Wildman–Crippen LogP) is 4.73. The van der Waals surface area contributed by atoms with E-state index >= 15 is 0 Å². The van der Waals surface area contributed by atoms with Crippen molar-refractivity contribution in [1.82, 2.24) is 15.4 Å². The van der Waals surface area contributed by atoms with Crippen LogP contribution in [-0.4, -0.2) is 15.4 Å². The molecule has 2 heterocycles. The zero-order valence-corrected chi connectivity index (χ0v) is 13.4. The molecule has 0 aliphatic rings. The normalized spacial score (nSPS) is 11.1. The Hall–Kier alpha value is -3.23. The number of hydrogen-bond acceptors (Lipinski definition) is 4. The van der Waals surface area contributed by atoms with Crippen LogP contribution in [0.1, 0.15) is 16.8 Å². The SMILES string of the molecule is N#Cc1[nH]nnc1-c1cccc(/C=C/c2csc3ccccc23)c1. The largest absolute Gasteiger partial charge is 0.247 e. The average Bonchev–Trinajstić information content (AvgIpc) is 3.27. The van der Waals surface area contributed by atoms with Crippen LogP contribution in [0.3, 0.4) is 0 Å². The Morgan fingerprint density at radius 3 is 2.92 bits per heavy atom. The van der Waals surface area contributed by atoms with Crippen LogP contribution in [0.2, 0.25) is 0 Å². The van der Waals surface area contributed by atoms with E-state index in [-0.39, 0.29) is 0 Å². The molecular formula is C19H12N4S. The van der Waals surface area contributed by atoms with Crippen molar-refractivity contribution in [3.63, 3.8) is 0 Å². The fraction of sp³-hybridized carbons (Fsp3) is 0. The molecule has 0 saturated heterocycles. The van der Waals surface area contributed by atoms with Crippen LogP contribution in [0.15, 0.2) is 53.9 Å².